The third kappa shape index (κ3) is 9.92. The normalized spacial score (nSPS) is 12.0. The van der Waals surface area contributed by atoms with Gasteiger partial charge in [-0.2, -0.15) is 13.2 Å². The molecule has 102 valence electrons. The highest BCUT2D eigenvalue weighted by molar-refractivity contribution is 5.73. The SMILES string of the molecule is CC(C)N(C)CCCNC(=O)NCC(F)(F)F. The number of nitrogens with zero attached hydrogens (tertiary/aromatic N) is 1. The maximum atomic E-state index is 11.7. The number of halogens is 3. The van der Waals surface area contributed by atoms with E-state index in [0.717, 1.165) is 6.54 Å². The average molecular weight is 255 g/mol. The fraction of sp³-hybridized carbons (Fsp3) is 0.900. The number of hydrogen-bond acceptors (Lipinski definition) is 2. The summed E-state index contributed by atoms with van der Waals surface area (Å²) in [7, 11) is 1.95. The number of alkyl halides is 3. The summed E-state index contributed by atoms with van der Waals surface area (Å²) in [5.41, 5.74) is 0. The summed E-state index contributed by atoms with van der Waals surface area (Å²) in [6.07, 6.45) is -3.66. The first-order valence-electron chi connectivity index (χ1n) is 5.51. The molecule has 0 fully saturated rings. The van der Waals surface area contributed by atoms with Crippen LogP contribution in [0.4, 0.5) is 18.0 Å². The van der Waals surface area contributed by atoms with Crippen molar-refractivity contribution in [2.24, 2.45) is 0 Å². The summed E-state index contributed by atoms with van der Waals surface area (Å²) in [6, 6.07) is -0.372. The Morgan fingerprint density at radius 3 is 2.35 bits per heavy atom. The Hall–Kier alpha value is -0.980. The van der Waals surface area contributed by atoms with Gasteiger partial charge in [0.2, 0.25) is 0 Å². The molecule has 0 saturated carbocycles. The molecular formula is C10H20F3N3O. The summed E-state index contributed by atoms with van der Waals surface area (Å²) >= 11 is 0. The molecule has 0 atom stereocenters. The van der Waals surface area contributed by atoms with Crippen LogP contribution in [0.2, 0.25) is 0 Å². The Kier molecular flexibility index (Phi) is 6.94. The van der Waals surface area contributed by atoms with Gasteiger partial charge >= 0.3 is 12.2 Å². The summed E-state index contributed by atoms with van der Waals surface area (Å²) in [6.45, 7) is 3.94. The summed E-state index contributed by atoms with van der Waals surface area (Å²) < 4.78 is 35.2. The molecule has 0 radical (unpaired) electrons. The fourth-order valence-electron chi connectivity index (χ4n) is 1.03. The first-order valence-corrected chi connectivity index (χ1v) is 5.51. The van der Waals surface area contributed by atoms with Crippen LogP contribution in [-0.2, 0) is 0 Å². The molecule has 0 aliphatic rings. The summed E-state index contributed by atoms with van der Waals surface area (Å²) in [5, 5.41) is 4.12. The largest absolute Gasteiger partial charge is 0.405 e. The van der Waals surface area contributed by atoms with Gasteiger partial charge in [-0.1, -0.05) is 0 Å². The second-order valence-electron chi connectivity index (χ2n) is 4.15. The minimum Gasteiger partial charge on any atom is -0.338 e. The minimum absolute atomic E-state index is 0.362. The van der Waals surface area contributed by atoms with E-state index in [0.29, 0.717) is 19.0 Å². The van der Waals surface area contributed by atoms with E-state index in [1.807, 2.05) is 20.9 Å². The molecule has 2 N–H and O–H groups in total. The lowest BCUT2D eigenvalue weighted by atomic mass is 10.3. The van der Waals surface area contributed by atoms with Gasteiger partial charge < -0.3 is 15.5 Å². The molecule has 0 saturated heterocycles. The number of rotatable bonds is 6. The number of amides is 2. The van der Waals surface area contributed by atoms with Crippen molar-refractivity contribution in [3.63, 3.8) is 0 Å². The number of urea groups is 1. The number of nitrogens with one attached hydrogen (secondary N) is 2. The van der Waals surface area contributed by atoms with E-state index in [1.54, 1.807) is 5.32 Å². The van der Waals surface area contributed by atoms with Crippen LogP contribution >= 0.6 is 0 Å². The van der Waals surface area contributed by atoms with Crippen molar-refractivity contribution >= 4 is 6.03 Å². The van der Waals surface area contributed by atoms with Crippen LogP contribution in [0.1, 0.15) is 20.3 Å². The minimum atomic E-state index is -4.37. The molecule has 0 rings (SSSR count). The fourth-order valence-corrected chi connectivity index (χ4v) is 1.03. The zero-order valence-electron chi connectivity index (χ0n) is 10.4. The second kappa shape index (κ2) is 7.37. The molecule has 0 unspecified atom stereocenters. The quantitative estimate of drug-likeness (QED) is 0.708. The molecule has 7 heteroatoms. The van der Waals surface area contributed by atoms with Gasteiger partial charge in [-0.05, 0) is 33.9 Å². The van der Waals surface area contributed by atoms with Crippen LogP contribution in [0.3, 0.4) is 0 Å². The van der Waals surface area contributed by atoms with E-state index in [1.165, 1.54) is 0 Å². The van der Waals surface area contributed by atoms with Gasteiger partial charge in [0.25, 0.3) is 0 Å². The lowest BCUT2D eigenvalue weighted by molar-refractivity contribution is -0.122. The molecule has 0 aromatic heterocycles. The summed E-state index contributed by atoms with van der Waals surface area (Å²) in [4.78, 5) is 13.0. The van der Waals surface area contributed by atoms with Crippen LogP contribution < -0.4 is 10.6 Å². The predicted molar refractivity (Wildman–Crippen MR) is 59.8 cm³/mol. The smallest absolute Gasteiger partial charge is 0.338 e. The van der Waals surface area contributed by atoms with Crippen molar-refractivity contribution in [3.05, 3.63) is 0 Å². The van der Waals surface area contributed by atoms with Gasteiger partial charge in [-0.15, -0.1) is 0 Å². The standard InChI is InChI=1S/C10H20F3N3O/c1-8(2)16(3)6-4-5-14-9(17)15-7-10(11,12)13/h8H,4-7H2,1-3H3,(H2,14,15,17). The average Bonchev–Trinajstić information content (AvgIpc) is 2.20. The Balaban J connectivity index is 3.52. The van der Waals surface area contributed by atoms with Crippen molar-refractivity contribution in [1.82, 2.24) is 15.5 Å². The Morgan fingerprint density at radius 2 is 1.88 bits per heavy atom. The van der Waals surface area contributed by atoms with Crippen LogP contribution in [0.15, 0.2) is 0 Å². The maximum absolute atomic E-state index is 11.7. The second-order valence-corrected chi connectivity index (χ2v) is 4.15. The third-order valence-corrected chi connectivity index (χ3v) is 2.30. The van der Waals surface area contributed by atoms with Gasteiger partial charge in [0, 0.05) is 12.6 Å². The Labute approximate surface area is 99.5 Å². The molecule has 0 aliphatic carbocycles. The van der Waals surface area contributed by atoms with E-state index in [2.05, 4.69) is 10.2 Å². The number of carbonyl (C=O) groups is 1. The summed E-state index contributed by atoms with van der Waals surface area (Å²) in [5.74, 6) is 0. The van der Waals surface area contributed by atoms with Crippen molar-refractivity contribution in [1.29, 1.82) is 0 Å². The van der Waals surface area contributed by atoms with Crippen molar-refractivity contribution in [2.75, 3.05) is 26.7 Å². The monoisotopic (exact) mass is 255 g/mol. The first-order chi connectivity index (χ1) is 7.72. The molecule has 0 aromatic rings. The molecule has 17 heavy (non-hydrogen) atoms. The van der Waals surface area contributed by atoms with Gasteiger partial charge in [-0.25, -0.2) is 4.79 Å². The highest BCUT2D eigenvalue weighted by Crippen LogP contribution is 2.11. The van der Waals surface area contributed by atoms with E-state index in [-0.39, 0.29) is 0 Å². The Morgan fingerprint density at radius 1 is 1.29 bits per heavy atom. The van der Waals surface area contributed by atoms with Gasteiger partial charge in [0.05, 0.1) is 0 Å². The topological polar surface area (TPSA) is 44.4 Å². The molecule has 0 spiro atoms. The molecule has 0 heterocycles. The molecule has 0 aliphatic heterocycles. The van der Waals surface area contributed by atoms with Gasteiger partial charge in [0.15, 0.2) is 0 Å². The lowest BCUT2D eigenvalue weighted by Gasteiger charge is -2.20. The van der Waals surface area contributed by atoms with Crippen molar-refractivity contribution in [3.8, 4) is 0 Å². The maximum Gasteiger partial charge on any atom is 0.405 e. The highest BCUT2D eigenvalue weighted by atomic mass is 19.4. The lowest BCUT2D eigenvalue weighted by Crippen LogP contribution is -2.41. The van der Waals surface area contributed by atoms with Crippen LogP contribution in [-0.4, -0.2) is 49.8 Å². The zero-order chi connectivity index (χ0) is 13.5. The van der Waals surface area contributed by atoms with E-state index in [9.17, 15) is 18.0 Å². The van der Waals surface area contributed by atoms with Crippen molar-refractivity contribution < 1.29 is 18.0 Å². The highest BCUT2D eigenvalue weighted by Gasteiger charge is 2.27. The molecule has 4 nitrogen and oxygen atoms in total. The number of hydrogen-bond donors (Lipinski definition) is 2. The molecule has 0 bridgehead atoms. The first kappa shape index (κ1) is 16.0. The van der Waals surface area contributed by atoms with Crippen LogP contribution in [0.25, 0.3) is 0 Å². The van der Waals surface area contributed by atoms with Crippen LogP contribution in [0, 0.1) is 0 Å². The van der Waals surface area contributed by atoms with Crippen molar-refractivity contribution in [2.45, 2.75) is 32.5 Å². The van der Waals surface area contributed by atoms with E-state index in [4.69, 9.17) is 0 Å². The number of carbonyl (C=O) groups excluding carboxylic acids is 1. The zero-order valence-corrected chi connectivity index (χ0v) is 10.4. The Bertz CT molecular complexity index is 231. The predicted octanol–water partition coefficient (Wildman–Crippen LogP) is 1.58. The van der Waals surface area contributed by atoms with Crippen LogP contribution in [0.5, 0.6) is 0 Å². The van der Waals surface area contributed by atoms with E-state index >= 15 is 0 Å². The van der Waals surface area contributed by atoms with E-state index < -0.39 is 18.8 Å². The molecule has 2 amide bonds. The molecular weight excluding hydrogens is 235 g/mol. The van der Waals surface area contributed by atoms with Gasteiger partial charge in [0.1, 0.15) is 6.54 Å². The molecule has 0 aromatic carbocycles. The third-order valence-electron chi connectivity index (χ3n) is 2.30. The van der Waals surface area contributed by atoms with Gasteiger partial charge in [-0.3, -0.25) is 0 Å².